The van der Waals surface area contributed by atoms with Gasteiger partial charge in [-0.3, -0.25) is 0 Å². The van der Waals surface area contributed by atoms with Crippen molar-refractivity contribution in [1.82, 2.24) is 10.2 Å². The fourth-order valence-corrected chi connectivity index (χ4v) is 3.55. The summed E-state index contributed by atoms with van der Waals surface area (Å²) in [6, 6.07) is 1.47. The zero-order valence-corrected chi connectivity index (χ0v) is 13.0. The zero-order valence-electron chi connectivity index (χ0n) is 13.0. The first-order valence-corrected chi connectivity index (χ1v) is 8.16. The third-order valence-corrected chi connectivity index (χ3v) is 4.74. The quantitative estimate of drug-likeness (QED) is 0.711. The Kier molecular flexibility index (Phi) is 7.92. The maximum atomic E-state index is 3.74. The molecule has 0 saturated heterocycles. The molecule has 1 aliphatic rings. The third kappa shape index (κ3) is 4.89. The summed E-state index contributed by atoms with van der Waals surface area (Å²) in [5, 5.41) is 3.74. The molecule has 0 aliphatic heterocycles. The number of likely N-dealkylation sites (N-methyl/N-ethyl adjacent to an activating group) is 2. The van der Waals surface area contributed by atoms with E-state index in [0.29, 0.717) is 6.04 Å². The minimum atomic E-state index is 0.709. The second-order valence-corrected chi connectivity index (χ2v) is 5.97. The number of nitrogens with one attached hydrogen (secondary N) is 1. The minimum Gasteiger partial charge on any atom is -0.313 e. The third-order valence-electron chi connectivity index (χ3n) is 4.74. The van der Waals surface area contributed by atoms with Gasteiger partial charge in [0, 0.05) is 18.6 Å². The van der Waals surface area contributed by atoms with Gasteiger partial charge in [-0.15, -0.1) is 0 Å². The predicted octanol–water partition coefficient (Wildman–Crippen LogP) is 3.67. The Labute approximate surface area is 115 Å². The van der Waals surface area contributed by atoms with Crippen molar-refractivity contribution >= 4 is 0 Å². The van der Waals surface area contributed by atoms with E-state index >= 15 is 0 Å². The van der Waals surface area contributed by atoms with E-state index in [1.807, 2.05) is 0 Å². The Morgan fingerprint density at radius 3 is 2.17 bits per heavy atom. The molecule has 1 aliphatic carbocycles. The molecule has 1 N–H and O–H groups in total. The van der Waals surface area contributed by atoms with Crippen LogP contribution in [0.15, 0.2) is 0 Å². The van der Waals surface area contributed by atoms with Gasteiger partial charge >= 0.3 is 0 Å². The number of hydrogen-bond acceptors (Lipinski definition) is 2. The van der Waals surface area contributed by atoms with Crippen LogP contribution < -0.4 is 5.32 Å². The Morgan fingerprint density at radius 1 is 1.06 bits per heavy atom. The zero-order chi connectivity index (χ0) is 13.4. The van der Waals surface area contributed by atoms with E-state index in [-0.39, 0.29) is 0 Å². The average Bonchev–Trinajstić information content (AvgIpc) is 2.40. The maximum Gasteiger partial charge on any atom is 0.0223 e. The molecule has 1 fully saturated rings. The molecule has 18 heavy (non-hydrogen) atoms. The maximum absolute atomic E-state index is 3.74. The smallest absolute Gasteiger partial charge is 0.0223 e. The van der Waals surface area contributed by atoms with E-state index in [2.05, 4.69) is 38.0 Å². The van der Waals surface area contributed by atoms with Gasteiger partial charge in [-0.25, -0.2) is 0 Å². The molecule has 1 atom stereocenters. The van der Waals surface area contributed by atoms with Crippen LogP contribution in [0.5, 0.6) is 0 Å². The van der Waals surface area contributed by atoms with Gasteiger partial charge in [0.1, 0.15) is 0 Å². The monoisotopic (exact) mass is 254 g/mol. The van der Waals surface area contributed by atoms with Crippen LogP contribution in [-0.4, -0.2) is 37.1 Å². The van der Waals surface area contributed by atoms with Crippen molar-refractivity contribution < 1.29 is 0 Å². The van der Waals surface area contributed by atoms with Gasteiger partial charge in [0.05, 0.1) is 0 Å². The van der Waals surface area contributed by atoms with Gasteiger partial charge < -0.3 is 10.2 Å². The van der Waals surface area contributed by atoms with Crippen molar-refractivity contribution in [3.8, 4) is 0 Å². The van der Waals surface area contributed by atoms with Gasteiger partial charge in [0.2, 0.25) is 0 Å². The van der Waals surface area contributed by atoms with Crippen LogP contribution in [0.2, 0.25) is 0 Å². The van der Waals surface area contributed by atoms with Crippen molar-refractivity contribution in [3.05, 3.63) is 0 Å². The first-order chi connectivity index (χ1) is 8.72. The molecular weight excluding hydrogens is 220 g/mol. The van der Waals surface area contributed by atoms with Crippen molar-refractivity contribution in [2.75, 3.05) is 20.1 Å². The van der Waals surface area contributed by atoms with Crippen LogP contribution >= 0.6 is 0 Å². The molecule has 108 valence electrons. The Balaban J connectivity index is 2.49. The van der Waals surface area contributed by atoms with Crippen LogP contribution in [0.25, 0.3) is 0 Å². The van der Waals surface area contributed by atoms with Crippen molar-refractivity contribution in [1.29, 1.82) is 0 Å². The highest BCUT2D eigenvalue weighted by Gasteiger charge is 2.25. The molecule has 0 amide bonds. The summed E-state index contributed by atoms with van der Waals surface area (Å²) < 4.78 is 0. The van der Waals surface area contributed by atoms with Crippen LogP contribution in [0.4, 0.5) is 0 Å². The highest BCUT2D eigenvalue weighted by molar-refractivity contribution is 4.82. The van der Waals surface area contributed by atoms with E-state index in [1.165, 1.54) is 51.5 Å². The summed E-state index contributed by atoms with van der Waals surface area (Å²) in [6.07, 6.45) is 9.77. The molecule has 0 spiro atoms. The first kappa shape index (κ1) is 16.0. The van der Waals surface area contributed by atoms with Gasteiger partial charge in [-0.2, -0.15) is 0 Å². The summed E-state index contributed by atoms with van der Waals surface area (Å²) in [5.74, 6) is 0.913. The SMILES string of the molecule is CCNC(CN(C)C(CC)CC)C1CCCCC1. The molecule has 2 nitrogen and oxygen atoms in total. The topological polar surface area (TPSA) is 15.3 Å². The van der Waals surface area contributed by atoms with Gasteiger partial charge in [-0.05, 0) is 45.2 Å². The molecule has 0 heterocycles. The fraction of sp³-hybridized carbons (Fsp3) is 1.00. The van der Waals surface area contributed by atoms with E-state index in [4.69, 9.17) is 0 Å². The lowest BCUT2D eigenvalue weighted by Crippen LogP contribution is -2.47. The fourth-order valence-electron chi connectivity index (χ4n) is 3.55. The van der Waals surface area contributed by atoms with Gasteiger partial charge in [-0.1, -0.05) is 40.0 Å². The Hall–Kier alpha value is -0.0800. The molecule has 0 aromatic rings. The summed E-state index contributed by atoms with van der Waals surface area (Å²) in [4.78, 5) is 2.59. The summed E-state index contributed by atoms with van der Waals surface area (Å²) in [7, 11) is 2.31. The standard InChI is InChI=1S/C16H34N2/c1-5-15(6-2)18(4)13-16(17-7-3)14-11-9-8-10-12-14/h14-17H,5-13H2,1-4H3. The molecular formula is C16H34N2. The Bertz CT molecular complexity index is 195. The number of rotatable bonds is 8. The number of hydrogen-bond donors (Lipinski definition) is 1. The minimum absolute atomic E-state index is 0.709. The molecule has 1 unspecified atom stereocenters. The van der Waals surface area contributed by atoms with E-state index in [0.717, 1.165) is 18.5 Å². The number of nitrogens with zero attached hydrogens (tertiary/aromatic N) is 1. The molecule has 0 bridgehead atoms. The van der Waals surface area contributed by atoms with E-state index < -0.39 is 0 Å². The molecule has 0 radical (unpaired) electrons. The van der Waals surface area contributed by atoms with Crippen molar-refractivity contribution in [2.24, 2.45) is 5.92 Å². The molecule has 1 rings (SSSR count). The molecule has 0 aromatic carbocycles. The molecule has 0 aromatic heterocycles. The van der Waals surface area contributed by atoms with Crippen LogP contribution in [-0.2, 0) is 0 Å². The summed E-state index contributed by atoms with van der Waals surface area (Å²) in [5.41, 5.74) is 0. The van der Waals surface area contributed by atoms with Crippen LogP contribution in [0.3, 0.4) is 0 Å². The van der Waals surface area contributed by atoms with Crippen molar-refractivity contribution in [2.45, 2.75) is 77.8 Å². The summed E-state index contributed by atoms with van der Waals surface area (Å²) in [6.45, 7) is 9.21. The largest absolute Gasteiger partial charge is 0.313 e. The summed E-state index contributed by atoms with van der Waals surface area (Å²) >= 11 is 0. The molecule has 2 heteroatoms. The average molecular weight is 254 g/mol. The highest BCUT2D eigenvalue weighted by atomic mass is 15.2. The van der Waals surface area contributed by atoms with Crippen LogP contribution in [0.1, 0.15) is 65.7 Å². The van der Waals surface area contributed by atoms with Gasteiger partial charge in [0.15, 0.2) is 0 Å². The first-order valence-electron chi connectivity index (χ1n) is 8.16. The van der Waals surface area contributed by atoms with E-state index in [1.54, 1.807) is 0 Å². The van der Waals surface area contributed by atoms with E-state index in [9.17, 15) is 0 Å². The normalized spacial score (nSPS) is 19.7. The Morgan fingerprint density at radius 2 is 1.67 bits per heavy atom. The predicted molar refractivity (Wildman–Crippen MR) is 81.0 cm³/mol. The lowest BCUT2D eigenvalue weighted by Gasteiger charge is -2.36. The lowest BCUT2D eigenvalue weighted by atomic mass is 9.83. The highest BCUT2D eigenvalue weighted by Crippen LogP contribution is 2.27. The second kappa shape index (κ2) is 8.92. The van der Waals surface area contributed by atoms with Crippen molar-refractivity contribution in [3.63, 3.8) is 0 Å². The second-order valence-electron chi connectivity index (χ2n) is 5.97. The molecule has 1 saturated carbocycles. The van der Waals surface area contributed by atoms with Gasteiger partial charge in [0.25, 0.3) is 0 Å². The van der Waals surface area contributed by atoms with Crippen LogP contribution in [0, 0.1) is 5.92 Å². The lowest BCUT2D eigenvalue weighted by molar-refractivity contribution is 0.164.